The lowest BCUT2D eigenvalue weighted by Gasteiger charge is -2.22. The van der Waals surface area contributed by atoms with Crippen molar-refractivity contribution in [1.29, 1.82) is 0 Å². The first-order valence-corrected chi connectivity index (χ1v) is 9.01. The van der Waals surface area contributed by atoms with Gasteiger partial charge in [0, 0.05) is 26.7 Å². The molecule has 0 aromatic heterocycles. The molecule has 4 heteroatoms. The van der Waals surface area contributed by atoms with E-state index in [0.29, 0.717) is 0 Å². The second-order valence-corrected chi connectivity index (χ2v) is 6.89. The van der Waals surface area contributed by atoms with Gasteiger partial charge in [-0.1, -0.05) is 13.8 Å². The molecule has 1 fully saturated rings. The van der Waals surface area contributed by atoms with Gasteiger partial charge >= 0.3 is 0 Å². The summed E-state index contributed by atoms with van der Waals surface area (Å²) in [4.78, 5) is 6.86. The van der Waals surface area contributed by atoms with Gasteiger partial charge in [-0.15, -0.1) is 0 Å². The van der Waals surface area contributed by atoms with Gasteiger partial charge in [0.1, 0.15) is 0 Å². The molecule has 1 aliphatic heterocycles. The van der Waals surface area contributed by atoms with Gasteiger partial charge in [0.25, 0.3) is 0 Å². The maximum atomic E-state index is 4.43. The van der Waals surface area contributed by atoms with E-state index in [1.165, 1.54) is 44.5 Å². The molecular weight excluding hydrogens is 254 g/mol. The van der Waals surface area contributed by atoms with E-state index in [1.807, 2.05) is 18.8 Å². The van der Waals surface area contributed by atoms with Crippen LogP contribution in [0, 0.1) is 11.8 Å². The summed E-state index contributed by atoms with van der Waals surface area (Å²) in [7, 11) is 1.90. The summed E-state index contributed by atoms with van der Waals surface area (Å²) in [6.45, 7) is 8.05. The topological polar surface area (TPSA) is 27.6 Å². The number of nitrogens with zero attached hydrogens (tertiary/aromatic N) is 2. The Kier molecular flexibility index (Phi) is 8.35. The molecule has 1 atom stereocenters. The second kappa shape index (κ2) is 9.51. The van der Waals surface area contributed by atoms with Gasteiger partial charge in [-0.3, -0.25) is 4.99 Å². The van der Waals surface area contributed by atoms with Gasteiger partial charge in [-0.05, 0) is 49.5 Å². The normalized spacial score (nSPS) is 20.4. The standard InChI is InChI=1S/C15H31N3S/c1-13(2)11-14-7-9-18(12-14)15(16-3)17-8-5-6-10-19-4/h13-14H,5-12H2,1-4H3,(H,16,17). The Morgan fingerprint density at radius 2 is 2.21 bits per heavy atom. The largest absolute Gasteiger partial charge is 0.356 e. The van der Waals surface area contributed by atoms with Crippen LogP contribution in [0.1, 0.15) is 39.5 Å². The summed E-state index contributed by atoms with van der Waals surface area (Å²) in [6.07, 6.45) is 7.38. The van der Waals surface area contributed by atoms with Crippen LogP contribution in [0.15, 0.2) is 4.99 Å². The summed E-state index contributed by atoms with van der Waals surface area (Å²) in [5, 5.41) is 3.51. The van der Waals surface area contributed by atoms with Gasteiger partial charge in [0.05, 0.1) is 0 Å². The van der Waals surface area contributed by atoms with Crippen LogP contribution in [-0.4, -0.2) is 49.6 Å². The van der Waals surface area contributed by atoms with Crippen molar-refractivity contribution in [3.05, 3.63) is 0 Å². The Bertz CT molecular complexity index is 266. The van der Waals surface area contributed by atoms with Crippen LogP contribution in [0.4, 0.5) is 0 Å². The van der Waals surface area contributed by atoms with Crippen molar-refractivity contribution in [1.82, 2.24) is 10.2 Å². The monoisotopic (exact) mass is 285 g/mol. The van der Waals surface area contributed by atoms with E-state index in [-0.39, 0.29) is 0 Å². The molecular formula is C15H31N3S. The average Bonchev–Trinajstić information content (AvgIpc) is 2.81. The van der Waals surface area contributed by atoms with E-state index < -0.39 is 0 Å². The third-order valence-electron chi connectivity index (χ3n) is 3.66. The first-order chi connectivity index (χ1) is 9.17. The predicted molar refractivity (Wildman–Crippen MR) is 88.1 cm³/mol. The number of rotatable bonds is 7. The highest BCUT2D eigenvalue weighted by atomic mass is 32.2. The van der Waals surface area contributed by atoms with Crippen molar-refractivity contribution in [2.75, 3.05) is 38.7 Å². The van der Waals surface area contributed by atoms with Crippen LogP contribution in [0.2, 0.25) is 0 Å². The summed E-state index contributed by atoms with van der Waals surface area (Å²) >= 11 is 1.93. The molecule has 19 heavy (non-hydrogen) atoms. The van der Waals surface area contributed by atoms with Gasteiger partial charge in [0.15, 0.2) is 5.96 Å². The number of unbranched alkanes of at least 4 members (excludes halogenated alkanes) is 1. The fourth-order valence-corrected chi connectivity index (χ4v) is 3.28. The SMILES string of the molecule is CN=C(NCCCCSC)N1CCC(CC(C)C)C1. The molecule has 1 saturated heterocycles. The molecule has 1 unspecified atom stereocenters. The number of nitrogens with one attached hydrogen (secondary N) is 1. The maximum absolute atomic E-state index is 4.43. The van der Waals surface area contributed by atoms with E-state index in [2.05, 4.69) is 35.3 Å². The second-order valence-electron chi connectivity index (χ2n) is 5.90. The zero-order valence-electron chi connectivity index (χ0n) is 13.1. The first-order valence-electron chi connectivity index (χ1n) is 7.62. The molecule has 1 N–H and O–H groups in total. The quantitative estimate of drug-likeness (QED) is 0.442. The van der Waals surface area contributed by atoms with Crippen molar-refractivity contribution in [2.45, 2.75) is 39.5 Å². The molecule has 0 radical (unpaired) electrons. The molecule has 112 valence electrons. The Hall–Kier alpha value is -0.380. The van der Waals surface area contributed by atoms with Gasteiger partial charge in [-0.2, -0.15) is 11.8 Å². The molecule has 0 bridgehead atoms. The average molecular weight is 286 g/mol. The highest BCUT2D eigenvalue weighted by Gasteiger charge is 2.24. The Morgan fingerprint density at radius 3 is 2.84 bits per heavy atom. The van der Waals surface area contributed by atoms with Crippen molar-refractivity contribution >= 4 is 17.7 Å². The van der Waals surface area contributed by atoms with Crippen LogP contribution in [-0.2, 0) is 0 Å². The molecule has 0 spiro atoms. The maximum Gasteiger partial charge on any atom is 0.193 e. The minimum atomic E-state index is 0.812. The third kappa shape index (κ3) is 6.55. The smallest absolute Gasteiger partial charge is 0.193 e. The van der Waals surface area contributed by atoms with Crippen LogP contribution >= 0.6 is 11.8 Å². The van der Waals surface area contributed by atoms with E-state index in [9.17, 15) is 0 Å². The van der Waals surface area contributed by atoms with E-state index in [1.54, 1.807) is 0 Å². The highest BCUT2D eigenvalue weighted by Crippen LogP contribution is 2.23. The van der Waals surface area contributed by atoms with Gasteiger partial charge < -0.3 is 10.2 Å². The minimum Gasteiger partial charge on any atom is -0.356 e. The molecule has 0 aromatic carbocycles. The van der Waals surface area contributed by atoms with E-state index >= 15 is 0 Å². The van der Waals surface area contributed by atoms with Crippen molar-refractivity contribution in [3.8, 4) is 0 Å². The highest BCUT2D eigenvalue weighted by molar-refractivity contribution is 7.98. The van der Waals surface area contributed by atoms with Crippen LogP contribution in [0.5, 0.6) is 0 Å². The summed E-state index contributed by atoms with van der Waals surface area (Å²) in [6, 6.07) is 0. The van der Waals surface area contributed by atoms with Crippen molar-refractivity contribution in [2.24, 2.45) is 16.8 Å². The lowest BCUT2D eigenvalue weighted by molar-refractivity contribution is 0.403. The molecule has 1 rings (SSSR count). The fourth-order valence-electron chi connectivity index (χ4n) is 2.79. The Labute approximate surface area is 123 Å². The zero-order chi connectivity index (χ0) is 14.1. The number of likely N-dealkylation sites (tertiary alicyclic amines) is 1. The molecule has 3 nitrogen and oxygen atoms in total. The molecule has 1 aliphatic rings. The fraction of sp³-hybridized carbons (Fsp3) is 0.933. The Balaban J connectivity index is 2.24. The zero-order valence-corrected chi connectivity index (χ0v) is 13.9. The van der Waals surface area contributed by atoms with Crippen LogP contribution in [0.3, 0.4) is 0 Å². The third-order valence-corrected chi connectivity index (χ3v) is 4.36. The predicted octanol–water partition coefficient (Wildman–Crippen LogP) is 3.07. The van der Waals surface area contributed by atoms with E-state index in [0.717, 1.165) is 24.3 Å². The number of aliphatic imine (C=N–C) groups is 1. The molecule has 0 aliphatic carbocycles. The Morgan fingerprint density at radius 1 is 1.42 bits per heavy atom. The first kappa shape index (κ1) is 16.7. The molecule has 1 heterocycles. The number of guanidine groups is 1. The summed E-state index contributed by atoms with van der Waals surface area (Å²) < 4.78 is 0. The molecule has 0 aromatic rings. The van der Waals surface area contributed by atoms with Crippen LogP contribution < -0.4 is 5.32 Å². The van der Waals surface area contributed by atoms with E-state index in [4.69, 9.17) is 0 Å². The number of hydrogen-bond acceptors (Lipinski definition) is 2. The molecule has 0 saturated carbocycles. The van der Waals surface area contributed by atoms with Crippen molar-refractivity contribution < 1.29 is 0 Å². The number of hydrogen-bond donors (Lipinski definition) is 1. The van der Waals surface area contributed by atoms with Gasteiger partial charge in [-0.25, -0.2) is 0 Å². The lowest BCUT2D eigenvalue weighted by Crippen LogP contribution is -2.40. The minimum absolute atomic E-state index is 0.812. The number of thioether (sulfide) groups is 1. The molecule has 0 amide bonds. The van der Waals surface area contributed by atoms with Gasteiger partial charge in [0.2, 0.25) is 0 Å². The van der Waals surface area contributed by atoms with Crippen molar-refractivity contribution in [3.63, 3.8) is 0 Å². The van der Waals surface area contributed by atoms with Crippen LogP contribution in [0.25, 0.3) is 0 Å². The summed E-state index contributed by atoms with van der Waals surface area (Å²) in [5.74, 6) is 4.04. The summed E-state index contributed by atoms with van der Waals surface area (Å²) in [5.41, 5.74) is 0. The lowest BCUT2D eigenvalue weighted by atomic mass is 9.97.